The van der Waals surface area contributed by atoms with Crippen LogP contribution in [0.5, 0.6) is 0 Å². The van der Waals surface area contributed by atoms with E-state index in [1.54, 1.807) is 0 Å². The molecule has 0 amide bonds. The number of benzene rings is 1. The van der Waals surface area contributed by atoms with Crippen molar-refractivity contribution in [1.29, 1.82) is 0 Å². The van der Waals surface area contributed by atoms with E-state index in [9.17, 15) is 0 Å². The summed E-state index contributed by atoms with van der Waals surface area (Å²) in [6, 6.07) is 10.8. The van der Waals surface area contributed by atoms with E-state index in [2.05, 4.69) is 36.5 Å². The first-order chi connectivity index (χ1) is 7.33. The Morgan fingerprint density at radius 3 is 2.33 bits per heavy atom. The Labute approximate surface area is 92.6 Å². The van der Waals surface area contributed by atoms with Gasteiger partial charge < -0.3 is 10.1 Å². The lowest BCUT2D eigenvalue weighted by atomic mass is 10.0. The Balaban J connectivity index is 2.81. The van der Waals surface area contributed by atoms with Gasteiger partial charge in [-0.3, -0.25) is 0 Å². The molecule has 1 rings (SSSR count). The van der Waals surface area contributed by atoms with Crippen LogP contribution in [0.15, 0.2) is 30.3 Å². The zero-order valence-electron chi connectivity index (χ0n) is 9.86. The molecule has 0 bridgehead atoms. The molecule has 0 aromatic heterocycles. The lowest BCUT2D eigenvalue weighted by Crippen LogP contribution is -2.33. The van der Waals surface area contributed by atoms with Crippen molar-refractivity contribution in [1.82, 2.24) is 5.32 Å². The minimum absolute atomic E-state index is 0.159. The van der Waals surface area contributed by atoms with Gasteiger partial charge in [-0.1, -0.05) is 37.3 Å². The van der Waals surface area contributed by atoms with E-state index < -0.39 is 0 Å². The molecular formula is C13H21NO. The van der Waals surface area contributed by atoms with E-state index in [0.717, 1.165) is 13.0 Å². The first-order valence-corrected chi connectivity index (χ1v) is 5.67. The molecule has 0 saturated carbocycles. The van der Waals surface area contributed by atoms with Crippen LogP contribution in [-0.4, -0.2) is 19.7 Å². The number of ether oxygens (including phenoxy) is 1. The van der Waals surface area contributed by atoms with Gasteiger partial charge in [0.15, 0.2) is 0 Å². The minimum atomic E-state index is 0.159. The normalized spacial score (nSPS) is 14.9. The summed E-state index contributed by atoms with van der Waals surface area (Å²) < 4.78 is 5.81. The maximum atomic E-state index is 5.81. The fraction of sp³-hybridized carbons (Fsp3) is 0.538. The fourth-order valence-corrected chi connectivity index (χ4v) is 1.84. The summed E-state index contributed by atoms with van der Waals surface area (Å²) in [5.41, 5.74) is 1.25. The van der Waals surface area contributed by atoms with Gasteiger partial charge in [-0.25, -0.2) is 0 Å². The number of rotatable bonds is 6. The molecule has 0 aliphatic heterocycles. The highest BCUT2D eigenvalue weighted by atomic mass is 16.5. The highest BCUT2D eigenvalue weighted by molar-refractivity contribution is 5.19. The molecule has 0 spiro atoms. The van der Waals surface area contributed by atoms with Gasteiger partial charge in [0.25, 0.3) is 0 Å². The van der Waals surface area contributed by atoms with Gasteiger partial charge >= 0.3 is 0 Å². The maximum Gasteiger partial charge on any atom is 0.0977 e. The Morgan fingerprint density at radius 2 is 1.87 bits per heavy atom. The van der Waals surface area contributed by atoms with Gasteiger partial charge in [0.1, 0.15) is 0 Å². The van der Waals surface area contributed by atoms with E-state index in [0.29, 0.717) is 6.04 Å². The maximum absolute atomic E-state index is 5.81. The predicted molar refractivity (Wildman–Crippen MR) is 63.9 cm³/mol. The summed E-state index contributed by atoms with van der Waals surface area (Å²) in [7, 11) is 1.99. The van der Waals surface area contributed by atoms with Gasteiger partial charge in [-0.2, -0.15) is 0 Å². The minimum Gasteiger partial charge on any atom is -0.372 e. The summed E-state index contributed by atoms with van der Waals surface area (Å²) >= 11 is 0. The molecule has 1 aromatic rings. The monoisotopic (exact) mass is 207 g/mol. The average molecular weight is 207 g/mol. The quantitative estimate of drug-likeness (QED) is 0.774. The van der Waals surface area contributed by atoms with Crippen molar-refractivity contribution in [2.45, 2.75) is 32.4 Å². The largest absolute Gasteiger partial charge is 0.372 e. The second-order valence-corrected chi connectivity index (χ2v) is 3.59. The summed E-state index contributed by atoms with van der Waals surface area (Å²) in [6.45, 7) is 4.96. The zero-order valence-corrected chi connectivity index (χ0v) is 9.86. The van der Waals surface area contributed by atoms with Crippen molar-refractivity contribution in [3.05, 3.63) is 35.9 Å². The lowest BCUT2D eigenvalue weighted by molar-refractivity contribution is 0.0342. The van der Waals surface area contributed by atoms with Crippen molar-refractivity contribution >= 4 is 0 Å². The second-order valence-electron chi connectivity index (χ2n) is 3.59. The van der Waals surface area contributed by atoms with Crippen LogP contribution in [0, 0.1) is 0 Å². The molecule has 0 radical (unpaired) electrons. The standard InChI is InChI=1S/C13H21NO/c1-4-12(14-3)13(15-5-2)11-9-7-6-8-10-11/h6-10,12-14H,4-5H2,1-3H3. The van der Waals surface area contributed by atoms with Gasteiger partial charge in [-0.05, 0) is 26.0 Å². The third kappa shape index (κ3) is 3.33. The highest BCUT2D eigenvalue weighted by Gasteiger charge is 2.19. The summed E-state index contributed by atoms with van der Waals surface area (Å²) in [5.74, 6) is 0. The van der Waals surface area contributed by atoms with Gasteiger partial charge in [0.2, 0.25) is 0 Å². The number of nitrogens with one attached hydrogen (secondary N) is 1. The highest BCUT2D eigenvalue weighted by Crippen LogP contribution is 2.22. The molecule has 1 aromatic carbocycles. The average Bonchev–Trinajstić information content (AvgIpc) is 2.30. The molecule has 0 heterocycles. The van der Waals surface area contributed by atoms with Crippen LogP contribution in [0.3, 0.4) is 0 Å². The van der Waals surface area contributed by atoms with E-state index in [-0.39, 0.29) is 6.10 Å². The topological polar surface area (TPSA) is 21.3 Å². The molecule has 2 unspecified atom stereocenters. The first kappa shape index (κ1) is 12.2. The third-order valence-corrected chi connectivity index (χ3v) is 2.65. The van der Waals surface area contributed by atoms with Crippen LogP contribution < -0.4 is 5.32 Å². The van der Waals surface area contributed by atoms with E-state index in [4.69, 9.17) is 4.74 Å². The molecule has 2 heteroatoms. The van der Waals surface area contributed by atoms with E-state index in [1.807, 2.05) is 20.0 Å². The van der Waals surface area contributed by atoms with E-state index in [1.165, 1.54) is 5.56 Å². The Kier molecular flexibility index (Phi) is 5.37. The third-order valence-electron chi connectivity index (χ3n) is 2.65. The summed E-state index contributed by atoms with van der Waals surface area (Å²) in [6.07, 6.45) is 1.22. The molecule has 2 atom stereocenters. The molecule has 0 saturated heterocycles. The second kappa shape index (κ2) is 6.59. The van der Waals surface area contributed by atoms with Crippen molar-refractivity contribution in [2.24, 2.45) is 0 Å². The summed E-state index contributed by atoms with van der Waals surface area (Å²) in [5, 5.41) is 3.31. The number of hydrogen-bond donors (Lipinski definition) is 1. The molecular weight excluding hydrogens is 186 g/mol. The first-order valence-electron chi connectivity index (χ1n) is 5.67. The van der Waals surface area contributed by atoms with Crippen LogP contribution in [0.1, 0.15) is 31.9 Å². The van der Waals surface area contributed by atoms with Crippen molar-refractivity contribution in [2.75, 3.05) is 13.7 Å². The lowest BCUT2D eigenvalue weighted by Gasteiger charge is -2.26. The molecule has 0 aliphatic rings. The van der Waals surface area contributed by atoms with Crippen molar-refractivity contribution < 1.29 is 4.74 Å². The van der Waals surface area contributed by atoms with Crippen LogP contribution in [0.25, 0.3) is 0 Å². The van der Waals surface area contributed by atoms with Crippen molar-refractivity contribution in [3.63, 3.8) is 0 Å². The molecule has 2 nitrogen and oxygen atoms in total. The van der Waals surface area contributed by atoms with Gasteiger partial charge in [0.05, 0.1) is 6.10 Å². The summed E-state index contributed by atoms with van der Waals surface area (Å²) in [4.78, 5) is 0. The molecule has 1 N–H and O–H groups in total. The van der Waals surface area contributed by atoms with Crippen LogP contribution in [-0.2, 0) is 4.74 Å². The SMILES string of the molecule is CCOC(c1ccccc1)C(CC)NC. The molecule has 0 aliphatic carbocycles. The fourth-order valence-electron chi connectivity index (χ4n) is 1.84. The van der Waals surface area contributed by atoms with E-state index >= 15 is 0 Å². The number of hydrogen-bond acceptors (Lipinski definition) is 2. The Bertz CT molecular complexity index is 256. The molecule has 15 heavy (non-hydrogen) atoms. The number of likely N-dealkylation sites (N-methyl/N-ethyl adjacent to an activating group) is 1. The zero-order chi connectivity index (χ0) is 11.1. The smallest absolute Gasteiger partial charge is 0.0977 e. The van der Waals surface area contributed by atoms with Crippen LogP contribution in [0.2, 0.25) is 0 Å². The van der Waals surface area contributed by atoms with Gasteiger partial charge in [-0.15, -0.1) is 0 Å². The van der Waals surface area contributed by atoms with Crippen LogP contribution >= 0.6 is 0 Å². The Morgan fingerprint density at radius 1 is 1.20 bits per heavy atom. The van der Waals surface area contributed by atoms with Crippen LogP contribution in [0.4, 0.5) is 0 Å². The molecule has 84 valence electrons. The van der Waals surface area contributed by atoms with Gasteiger partial charge in [0, 0.05) is 12.6 Å². The predicted octanol–water partition coefficient (Wildman–Crippen LogP) is 2.76. The molecule has 0 fully saturated rings. The van der Waals surface area contributed by atoms with Crippen molar-refractivity contribution in [3.8, 4) is 0 Å². The Hall–Kier alpha value is -0.860.